The van der Waals surface area contributed by atoms with Gasteiger partial charge in [0, 0.05) is 48.4 Å². The van der Waals surface area contributed by atoms with Gasteiger partial charge in [0.25, 0.3) is 0 Å². The van der Waals surface area contributed by atoms with E-state index in [1.54, 1.807) is 0 Å². The maximum atomic E-state index is 8.97. The maximum Gasteiger partial charge on any atom is 0.172 e. The molecule has 0 radical (unpaired) electrons. The Bertz CT molecular complexity index is 487. The lowest BCUT2D eigenvalue weighted by molar-refractivity contribution is 0.189. The summed E-state index contributed by atoms with van der Waals surface area (Å²) in [6.45, 7) is 4.38. The molecule has 0 aliphatic carbocycles. The summed E-state index contributed by atoms with van der Waals surface area (Å²) in [5.74, 6) is 0.116. The van der Waals surface area contributed by atoms with Crippen LogP contribution < -0.4 is 10.6 Å². The standard InChI is InChI=1S/C13H19BrN4O2/c14-10-1-2-11(13(15)16-20)12(9-10)18-5-3-17(4-6-18)7-8-19/h1-2,9,19-20H,3-8H2,(H2,15,16). The third kappa shape index (κ3) is 3.41. The largest absolute Gasteiger partial charge is 0.409 e. The third-order valence-corrected chi connectivity index (χ3v) is 3.97. The molecule has 1 aromatic rings. The van der Waals surface area contributed by atoms with Crippen molar-refractivity contribution >= 4 is 27.5 Å². The van der Waals surface area contributed by atoms with Crippen LogP contribution in [0.15, 0.2) is 27.8 Å². The van der Waals surface area contributed by atoms with E-state index in [-0.39, 0.29) is 12.4 Å². The van der Waals surface area contributed by atoms with E-state index in [0.717, 1.165) is 41.9 Å². The fraction of sp³-hybridized carbons (Fsp3) is 0.462. The number of rotatable bonds is 4. The van der Waals surface area contributed by atoms with Gasteiger partial charge in [-0.1, -0.05) is 21.1 Å². The lowest BCUT2D eigenvalue weighted by Crippen LogP contribution is -2.47. The number of β-amino-alcohol motifs (C(OH)–C–C–N with tert-alkyl or cyclic N) is 1. The number of hydrogen-bond acceptors (Lipinski definition) is 5. The molecule has 110 valence electrons. The zero-order valence-corrected chi connectivity index (χ0v) is 12.8. The van der Waals surface area contributed by atoms with Crippen molar-refractivity contribution in [3.63, 3.8) is 0 Å². The SMILES string of the molecule is N/C(=N/O)c1ccc(Br)cc1N1CCN(CCO)CC1. The van der Waals surface area contributed by atoms with Gasteiger partial charge in [-0.3, -0.25) is 4.90 Å². The highest BCUT2D eigenvalue weighted by atomic mass is 79.9. The average molecular weight is 343 g/mol. The Hall–Kier alpha value is -1.31. The van der Waals surface area contributed by atoms with E-state index in [9.17, 15) is 0 Å². The predicted molar refractivity (Wildman–Crippen MR) is 82.4 cm³/mol. The van der Waals surface area contributed by atoms with Gasteiger partial charge in [0.2, 0.25) is 0 Å². The zero-order chi connectivity index (χ0) is 14.5. The second-order valence-electron chi connectivity index (χ2n) is 4.70. The Balaban J connectivity index is 2.18. The van der Waals surface area contributed by atoms with Gasteiger partial charge in [0.15, 0.2) is 5.84 Å². The van der Waals surface area contributed by atoms with E-state index in [1.165, 1.54) is 0 Å². The fourth-order valence-corrected chi connectivity index (χ4v) is 2.74. The van der Waals surface area contributed by atoms with Gasteiger partial charge in [-0.25, -0.2) is 0 Å². The van der Waals surface area contributed by atoms with Crippen LogP contribution in [0.5, 0.6) is 0 Å². The molecule has 0 bridgehead atoms. The monoisotopic (exact) mass is 342 g/mol. The summed E-state index contributed by atoms with van der Waals surface area (Å²) < 4.78 is 0.958. The van der Waals surface area contributed by atoms with E-state index < -0.39 is 0 Å². The second-order valence-corrected chi connectivity index (χ2v) is 5.61. The minimum Gasteiger partial charge on any atom is -0.409 e. The molecule has 1 saturated heterocycles. The Morgan fingerprint density at radius 3 is 2.60 bits per heavy atom. The molecule has 0 atom stereocenters. The molecule has 1 aromatic carbocycles. The van der Waals surface area contributed by atoms with Crippen LogP contribution in [0, 0.1) is 0 Å². The highest BCUT2D eigenvalue weighted by molar-refractivity contribution is 9.10. The number of aliphatic hydroxyl groups excluding tert-OH is 1. The number of nitrogens with zero attached hydrogens (tertiary/aromatic N) is 3. The molecule has 7 heteroatoms. The predicted octanol–water partition coefficient (Wildman–Crippen LogP) is 0.658. The van der Waals surface area contributed by atoms with Crippen LogP contribution in [0.25, 0.3) is 0 Å². The quantitative estimate of drug-likeness (QED) is 0.324. The van der Waals surface area contributed by atoms with Gasteiger partial charge in [-0.15, -0.1) is 0 Å². The van der Waals surface area contributed by atoms with Crippen molar-refractivity contribution in [1.82, 2.24) is 4.90 Å². The van der Waals surface area contributed by atoms with Crippen molar-refractivity contribution in [2.45, 2.75) is 0 Å². The second kappa shape index (κ2) is 6.92. The first kappa shape index (κ1) is 15.1. The van der Waals surface area contributed by atoms with Crippen LogP contribution in [0.1, 0.15) is 5.56 Å². The minimum absolute atomic E-state index is 0.116. The van der Waals surface area contributed by atoms with Crippen molar-refractivity contribution in [2.24, 2.45) is 10.9 Å². The summed E-state index contributed by atoms with van der Waals surface area (Å²) in [6.07, 6.45) is 0. The number of amidine groups is 1. The first-order valence-electron chi connectivity index (χ1n) is 6.51. The maximum absolute atomic E-state index is 8.97. The number of hydrogen-bond donors (Lipinski definition) is 3. The number of anilines is 1. The van der Waals surface area contributed by atoms with Gasteiger partial charge in [0.1, 0.15) is 0 Å². The molecular weight excluding hydrogens is 324 g/mol. The van der Waals surface area contributed by atoms with Crippen LogP contribution in [0.2, 0.25) is 0 Å². The van der Waals surface area contributed by atoms with Gasteiger partial charge >= 0.3 is 0 Å². The summed E-state index contributed by atoms with van der Waals surface area (Å²) in [6, 6.07) is 5.70. The fourth-order valence-electron chi connectivity index (χ4n) is 2.39. The van der Waals surface area contributed by atoms with E-state index in [2.05, 4.69) is 30.9 Å². The van der Waals surface area contributed by atoms with Crippen molar-refractivity contribution < 1.29 is 10.3 Å². The molecular formula is C13H19BrN4O2. The number of benzene rings is 1. The number of nitrogens with two attached hydrogens (primary N) is 1. The highest BCUT2D eigenvalue weighted by Gasteiger charge is 2.20. The Morgan fingerprint density at radius 1 is 1.30 bits per heavy atom. The first-order chi connectivity index (χ1) is 9.65. The molecule has 0 unspecified atom stereocenters. The number of aliphatic hydroxyl groups is 1. The van der Waals surface area contributed by atoms with Gasteiger partial charge in [0.05, 0.1) is 6.61 Å². The minimum atomic E-state index is 0.116. The molecule has 20 heavy (non-hydrogen) atoms. The molecule has 1 fully saturated rings. The molecule has 0 amide bonds. The highest BCUT2D eigenvalue weighted by Crippen LogP contribution is 2.26. The van der Waals surface area contributed by atoms with E-state index >= 15 is 0 Å². The van der Waals surface area contributed by atoms with E-state index in [0.29, 0.717) is 6.54 Å². The number of piperazine rings is 1. The summed E-state index contributed by atoms with van der Waals surface area (Å²) in [5.41, 5.74) is 7.43. The third-order valence-electron chi connectivity index (χ3n) is 3.47. The average Bonchev–Trinajstić information content (AvgIpc) is 2.47. The van der Waals surface area contributed by atoms with Crippen molar-refractivity contribution in [2.75, 3.05) is 44.2 Å². The van der Waals surface area contributed by atoms with Crippen LogP contribution in [0.4, 0.5) is 5.69 Å². The molecule has 1 heterocycles. The number of halogens is 1. The summed E-state index contributed by atoms with van der Waals surface area (Å²) in [4.78, 5) is 4.43. The number of oxime groups is 1. The van der Waals surface area contributed by atoms with Crippen molar-refractivity contribution in [3.8, 4) is 0 Å². The van der Waals surface area contributed by atoms with Gasteiger partial charge in [-0.2, -0.15) is 0 Å². The smallest absolute Gasteiger partial charge is 0.172 e. The normalized spacial score (nSPS) is 17.5. The Labute approximate surface area is 126 Å². The van der Waals surface area contributed by atoms with Crippen molar-refractivity contribution in [3.05, 3.63) is 28.2 Å². The van der Waals surface area contributed by atoms with Crippen LogP contribution in [-0.2, 0) is 0 Å². The molecule has 2 rings (SSSR count). The molecule has 1 aliphatic rings. The molecule has 0 spiro atoms. The van der Waals surface area contributed by atoms with Crippen LogP contribution in [0.3, 0.4) is 0 Å². The molecule has 0 saturated carbocycles. The Morgan fingerprint density at radius 2 is 2.00 bits per heavy atom. The summed E-state index contributed by atoms with van der Waals surface area (Å²) in [5, 5.41) is 21.0. The van der Waals surface area contributed by atoms with Crippen LogP contribution >= 0.6 is 15.9 Å². The molecule has 6 nitrogen and oxygen atoms in total. The molecule has 4 N–H and O–H groups in total. The first-order valence-corrected chi connectivity index (χ1v) is 7.30. The van der Waals surface area contributed by atoms with Crippen LogP contribution in [-0.4, -0.2) is 60.4 Å². The lowest BCUT2D eigenvalue weighted by atomic mass is 10.1. The summed E-state index contributed by atoms with van der Waals surface area (Å²) in [7, 11) is 0. The summed E-state index contributed by atoms with van der Waals surface area (Å²) >= 11 is 3.46. The molecule has 0 aromatic heterocycles. The van der Waals surface area contributed by atoms with Gasteiger partial charge in [-0.05, 0) is 18.2 Å². The topological polar surface area (TPSA) is 85.3 Å². The van der Waals surface area contributed by atoms with E-state index in [1.807, 2.05) is 18.2 Å². The van der Waals surface area contributed by atoms with Gasteiger partial charge < -0.3 is 20.9 Å². The Kier molecular flexibility index (Phi) is 5.22. The zero-order valence-electron chi connectivity index (χ0n) is 11.2. The molecule has 1 aliphatic heterocycles. The van der Waals surface area contributed by atoms with E-state index in [4.69, 9.17) is 16.0 Å². The lowest BCUT2D eigenvalue weighted by Gasteiger charge is -2.36. The van der Waals surface area contributed by atoms with Crippen molar-refractivity contribution in [1.29, 1.82) is 0 Å².